The average molecular weight is 329 g/mol. The molecule has 0 aromatic carbocycles. The summed E-state index contributed by atoms with van der Waals surface area (Å²) in [4.78, 5) is 33.4. The van der Waals surface area contributed by atoms with Crippen LogP contribution in [0.1, 0.15) is 23.2 Å². The Kier molecular flexibility index (Phi) is 5.05. The Morgan fingerprint density at radius 2 is 2.04 bits per heavy atom. The Labute approximate surface area is 138 Å². The van der Waals surface area contributed by atoms with E-state index in [1.807, 2.05) is 6.07 Å². The van der Waals surface area contributed by atoms with Gasteiger partial charge in [0.25, 0.3) is 5.91 Å². The van der Waals surface area contributed by atoms with Crippen LogP contribution in [0.25, 0.3) is 0 Å². The first kappa shape index (κ1) is 16.0. The molecule has 1 aliphatic heterocycles. The fraction of sp³-hybridized carbons (Fsp3) is 0.375. The molecule has 0 bridgehead atoms. The van der Waals surface area contributed by atoms with Gasteiger partial charge in [-0.1, -0.05) is 0 Å². The van der Waals surface area contributed by atoms with Crippen LogP contribution in [-0.4, -0.2) is 42.1 Å². The van der Waals surface area contributed by atoms with Crippen LogP contribution in [0.15, 0.2) is 40.0 Å². The lowest BCUT2D eigenvalue weighted by atomic mass is 10.3. The quantitative estimate of drug-likeness (QED) is 0.759. The van der Waals surface area contributed by atoms with Gasteiger partial charge in [0.2, 0.25) is 0 Å². The Morgan fingerprint density at radius 3 is 2.79 bits per heavy atom. The second-order valence-corrected chi connectivity index (χ2v) is 5.48. The van der Waals surface area contributed by atoms with Gasteiger partial charge in [-0.05, 0) is 18.9 Å². The van der Waals surface area contributed by atoms with Crippen molar-refractivity contribution in [2.24, 2.45) is 0 Å². The number of nitrogens with one attached hydrogen (secondary N) is 2. The van der Waals surface area contributed by atoms with Crippen LogP contribution in [0.3, 0.4) is 0 Å². The fourth-order valence-electron chi connectivity index (χ4n) is 2.52. The molecule has 1 saturated heterocycles. The van der Waals surface area contributed by atoms with Crippen LogP contribution in [0.2, 0.25) is 0 Å². The van der Waals surface area contributed by atoms with Gasteiger partial charge >= 0.3 is 5.63 Å². The first-order chi connectivity index (χ1) is 11.7. The molecule has 24 heavy (non-hydrogen) atoms. The smallest absolute Gasteiger partial charge is 0.335 e. The van der Waals surface area contributed by atoms with E-state index >= 15 is 0 Å². The zero-order valence-corrected chi connectivity index (χ0v) is 13.2. The Morgan fingerprint density at radius 1 is 1.21 bits per heavy atom. The number of rotatable bonds is 6. The van der Waals surface area contributed by atoms with Crippen LogP contribution >= 0.6 is 0 Å². The zero-order valence-electron chi connectivity index (χ0n) is 13.2. The molecule has 0 spiro atoms. The lowest BCUT2D eigenvalue weighted by Gasteiger charge is -2.16. The fourth-order valence-corrected chi connectivity index (χ4v) is 2.52. The largest absolute Gasteiger partial charge is 0.430 e. The van der Waals surface area contributed by atoms with Crippen molar-refractivity contribution < 1.29 is 9.21 Å². The maximum absolute atomic E-state index is 11.9. The predicted molar refractivity (Wildman–Crippen MR) is 89.3 cm³/mol. The molecule has 0 radical (unpaired) electrons. The second kappa shape index (κ2) is 7.58. The van der Waals surface area contributed by atoms with Gasteiger partial charge in [0.15, 0.2) is 0 Å². The van der Waals surface area contributed by atoms with Gasteiger partial charge < -0.3 is 20.0 Å². The Hall–Kier alpha value is -2.90. The molecule has 0 saturated carbocycles. The predicted octanol–water partition coefficient (Wildman–Crippen LogP) is 0.872. The summed E-state index contributed by atoms with van der Waals surface area (Å²) in [5.74, 6) is 1.36. The molecule has 2 N–H and O–H groups in total. The lowest BCUT2D eigenvalue weighted by molar-refractivity contribution is 0.0952. The average Bonchev–Trinajstić information content (AvgIpc) is 3.14. The number of nitrogens with zero attached hydrogens (tertiary/aromatic N) is 3. The summed E-state index contributed by atoms with van der Waals surface area (Å²) in [6.07, 6.45) is 5.08. The van der Waals surface area contributed by atoms with Gasteiger partial charge in [0, 0.05) is 38.3 Å². The molecule has 0 aliphatic carbocycles. The highest BCUT2D eigenvalue weighted by molar-refractivity contribution is 5.93. The van der Waals surface area contributed by atoms with E-state index in [1.165, 1.54) is 25.0 Å². The standard InChI is InChI=1S/C16H19N5O3/c22-15-4-3-12(10-24-15)16(23)18-6-5-17-13-9-14(20-11-19-13)21-7-1-2-8-21/h3-4,9-11H,1-2,5-8H2,(H,18,23)(H,17,19,20). The van der Waals surface area contributed by atoms with Crippen molar-refractivity contribution >= 4 is 17.5 Å². The summed E-state index contributed by atoms with van der Waals surface area (Å²) in [6, 6.07) is 4.56. The summed E-state index contributed by atoms with van der Waals surface area (Å²) < 4.78 is 4.66. The van der Waals surface area contributed by atoms with E-state index in [0.717, 1.165) is 31.0 Å². The highest BCUT2D eigenvalue weighted by Crippen LogP contribution is 2.18. The number of amides is 1. The van der Waals surface area contributed by atoms with Crippen molar-refractivity contribution in [2.45, 2.75) is 12.8 Å². The van der Waals surface area contributed by atoms with Gasteiger partial charge in [0.05, 0.1) is 5.56 Å². The van der Waals surface area contributed by atoms with E-state index < -0.39 is 5.63 Å². The maximum Gasteiger partial charge on any atom is 0.335 e. The minimum atomic E-state index is -0.481. The van der Waals surface area contributed by atoms with Crippen LogP contribution in [-0.2, 0) is 0 Å². The third-order valence-corrected chi connectivity index (χ3v) is 3.76. The molecule has 126 valence electrons. The van der Waals surface area contributed by atoms with Crippen LogP contribution in [0.4, 0.5) is 11.6 Å². The van der Waals surface area contributed by atoms with Gasteiger partial charge in [0.1, 0.15) is 24.2 Å². The Bertz CT molecular complexity index is 735. The van der Waals surface area contributed by atoms with Crippen molar-refractivity contribution in [3.05, 3.63) is 46.8 Å². The third-order valence-electron chi connectivity index (χ3n) is 3.76. The van der Waals surface area contributed by atoms with Crippen LogP contribution < -0.4 is 21.2 Å². The van der Waals surface area contributed by atoms with E-state index in [2.05, 4.69) is 29.9 Å². The van der Waals surface area contributed by atoms with Gasteiger partial charge in [-0.15, -0.1) is 0 Å². The van der Waals surface area contributed by atoms with Gasteiger partial charge in [-0.25, -0.2) is 14.8 Å². The molecule has 1 fully saturated rings. The summed E-state index contributed by atoms with van der Waals surface area (Å²) in [5.41, 5.74) is -0.168. The van der Waals surface area contributed by atoms with Gasteiger partial charge in [-0.2, -0.15) is 0 Å². The number of hydrogen-bond acceptors (Lipinski definition) is 7. The van der Waals surface area contributed by atoms with Crippen LogP contribution in [0, 0.1) is 0 Å². The highest BCUT2D eigenvalue weighted by atomic mass is 16.4. The van der Waals surface area contributed by atoms with Crippen molar-refractivity contribution in [1.82, 2.24) is 15.3 Å². The molecule has 0 atom stereocenters. The van der Waals surface area contributed by atoms with E-state index in [0.29, 0.717) is 18.7 Å². The molecular formula is C16H19N5O3. The van der Waals surface area contributed by atoms with E-state index in [-0.39, 0.29) is 5.91 Å². The molecule has 8 nitrogen and oxygen atoms in total. The molecule has 3 rings (SSSR count). The molecular weight excluding hydrogens is 310 g/mol. The summed E-state index contributed by atoms with van der Waals surface area (Å²) in [5, 5.41) is 5.90. The monoisotopic (exact) mass is 329 g/mol. The molecule has 8 heteroatoms. The molecule has 2 aromatic rings. The molecule has 2 aromatic heterocycles. The van der Waals surface area contributed by atoms with Crippen molar-refractivity contribution in [1.29, 1.82) is 0 Å². The summed E-state index contributed by atoms with van der Waals surface area (Å²) in [7, 11) is 0. The summed E-state index contributed by atoms with van der Waals surface area (Å²) >= 11 is 0. The van der Waals surface area contributed by atoms with Crippen molar-refractivity contribution in [3.63, 3.8) is 0 Å². The third kappa shape index (κ3) is 4.09. The van der Waals surface area contributed by atoms with Gasteiger partial charge in [-0.3, -0.25) is 4.79 Å². The topological polar surface area (TPSA) is 100 Å². The number of anilines is 2. The van der Waals surface area contributed by atoms with Crippen molar-refractivity contribution in [3.8, 4) is 0 Å². The lowest BCUT2D eigenvalue weighted by Crippen LogP contribution is -2.29. The zero-order chi connectivity index (χ0) is 16.8. The summed E-state index contributed by atoms with van der Waals surface area (Å²) in [6.45, 7) is 3.00. The maximum atomic E-state index is 11.9. The first-order valence-corrected chi connectivity index (χ1v) is 7.90. The van der Waals surface area contributed by atoms with E-state index in [4.69, 9.17) is 0 Å². The van der Waals surface area contributed by atoms with E-state index in [9.17, 15) is 9.59 Å². The highest BCUT2D eigenvalue weighted by Gasteiger charge is 2.13. The molecule has 0 unspecified atom stereocenters. The number of hydrogen-bond donors (Lipinski definition) is 2. The van der Waals surface area contributed by atoms with Crippen molar-refractivity contribution in [2.75, 3.05) is 36.4 Å². The SMILES string of the molecule is O=C(NCCNc1cc(N2CCCC2)ncn1)c1ccc(=O)oc1. The molecule has 3 heterocycles. The van der Waals surface area contributed by atoms with E-state index in [1.54, 1.807) is 6.33 Å². The molecule has 1 amide bonds. The number of aromatic nitrogens is 2. The minimum absolute atomic E-state index is 0.291. The normalized spacial score (nSPS) is 13.8. The first-order valence-electron chi connectivity index (χ1n) is 7.90. The minimum Gasteiger partial charge on any atom is -0.430 e. The number of carbonyl (C=O) groups is 1. The second-order valence-electron chi connectivity index (χ2n) is 5.48. The Balaban J connectivity index is 1.46. The van der Waals surface area contributed by atoms with Crippen LogP contribution in [0.5, 0.6) is 0 Å². The molecule has 1 aliphatic rings. The number of carbonyl (C=O) groups excluding carboxylic acids is 1.